The summed E-state index contributed by atoms with van der Waals surface area (Å²) >= 11 is 0. The number of hydrogen-bond acceptors (Lipinski definition) is 4. The molecule has 1 aliphatic rings. The number of nitrogens with zero attached hydrogens (tertiary/aromatic N) is 1. The fourth-order valence-corrected chi connectivity index (χ4v) is 2.67. The molecule has 1 aliphatic heterocycles. The van der Waals surface area contributed by atoms with Crippen LogP contribution in [0.25, 0.3) is 0 Å². The molecule has 6 nitrogen and oxygen atoms in total. The van der Waals surface area contributed by atoms with Gasteiger partial charge in [0.15, 0.2) is 0 Å². The van der Waals surface area contributed by atoms with Crippen molar-refractivity contribution in [2.75, 3.05) is 19.9 Å². The Balaban J connectivity index is 2.50. The number of carbonyl (C=O) groups excluding carboxylic acids is 2. The number of benzene rings is 1. The number of ether oxygens (including phenoxy) is 2. The highest BCUT2D eigenvalue weighted by Crippen LogP contribution is 2.34. The lowest BCUT2D eigenvalue weighted by Crippen LogP contribution is -2.49. The maximum atomic E-state index is 12.5. The van der Waals surface area contributed by atoms with Gasteiger partial charge in [-0.25, -0.2) is 9.59 Å². The van der Waals surface area contributed by atoms with Crippen molar-refractivity contribution in [1.82, 2.24) is 10.2 Å². The van der Waals surface area contributed by atoms with Crippen LogP contribution in [0.2, 0.25) is 0 Å². The number of carbonyl (C=O) groups is 2. The molecule has 0 saturated carbocycles. The van der Waals surface area contributed by atoms with Gasteiger partial charge in [0.05, 0.1) is 18.2 Å². The third-order valence-corrected chi connectivity index (χ3v) is 3.87. The van der Waals surface area contributed by atoms with Gasteiger partial charge < -0.3 is 14.8 Å². The molecule has 1 N–H and O–H groups in total. The molecule has 0 aromatic heterocycles. The number of allylic oxidation sites excluding steroid dienone is 1. The second-order valence-corrected chi connectivity index (χ2v) is 5.59. The normalized spacial score (nSPS) is 17.8. The van der Waals surface area contributed by atoms with E-state index < -0.39 is 12.0 Å². The van der Waals surface area contributed by atoms with E-state index in [0.717, 1.165) is 11.1 Å². The summed E-state index contributed by atoms with van der Waals surface area (Å²) in [7, 11) is 0. The first-order valence-electron chi connectivity index (χ1n) is 8.09. The van der Waals surface area contributed by atoms with Gasteiger partial charge in [-0.3, -0.25) is 4.90 Å². The molecule has 0 spiro atoms. The fraction of sp³-hybridized carbons (Fsp3) is 0.444. The van der Waals surface area contributed by atoms with Crippen LogP contribution in [0.4, 0.5) is 4.79 Å². The Morgan fingerprint density at radius 1 is 1.17 bits per heavy atom. The standard InChI is InChI=1S/C18H24N2O4/c1-5-23-11-20-16(14-9-7-12(3)8-10-14)15(17(21)24-6-2)13(4)19-18(20)22/h7-10,16H,5-6,11H2,1-4H3,(H,19,22). The third-order valence-electron chi connectivity index (χ3n) is 3.87. The summed E-state index contributed by atoms with van der Waals surface area (Å²) in [6.07, 6.45) is 0. The summed E-state index contributed by atoms with van der Waals surface area (Å²) in [6.45, 7) is 8.16. The molecule has 1 heterocycles. The van der Waals surface area contributed by atoms with Gasteiger partial charge in [-0.2, -0.15) is 0 Å². The van der Waals surface area contributed by atoms with Gasteiger partial charge in [0.2, 0.25) is 0 Å². The minimum absolute atomic E-state index is 0.0943. The van der Waals surface area contributed by atoms with Gasteiger partial charge in [-0.05, 0) is 33.3 Å². The molecule has 0 fully saturated rings. The summed E-state index contributed by atoms with van der Waals surface area (Å²) in [5, 5.41) is 2.72. The lowest BCUT2D eigenvalue weighted by molar-refractivity contribution is -0.139. The Labute approximate surface area is 142 Å². The zero-order chi connectivity index (χ0) is 17.7. The molecule has 1 aromatic carbocycles. The van der Waals surface area contributed by atoms with Crippen molar-refractivity contribution in [1.29, 1.82) is 0 Å². The van der Waals surface area contributed by atoms with Crippen LogP contribution in [0.5, 0.6) is 0 Å². The smallest absolute Gasteiger partial charge is 0.338 e. The highest BCUT2D eigenvalue weighted by molar-refractivity contribution is 5.95. The monoisotopic (exact) mass is 332 g/mol. The molecule has 0 saturated heterocycles. The van der Waals surface area contributed by atoms with Crippen molar-refractivity contribution < 1.29 is 19.1 Å². The van der Waals surface area contributed by atoms with Crippen molar-refractivity contribution in [3.05, 3.63) is 46.7 Å². The number of aryl methyl sites for hydroxylation is 1. The quantitative estimate of drug-likeness (QED) is 0.813. The van der Waals surface area contributed by atoms with Crippen LogP contribution < -0.4 is 5.32 Å². The Kier molecular flexibility index (Phi) is 5.98. The summed E-state index contributed by atoms with van der Waals surface area (Å²) in [5.41, 5.74) is 2.89. The van der Waals surface area contributed by atoms with Gasteiger partial charge in [0.25, 0.3) is 0 Å². The molecular formula is C18H24N2O4. The molecule has 0 radical (unpaired) electrons. The predicted octanol–water partition coefficient (Wildman–Crippen LogP) is 2.89. The molecule has 130 valence electrons. The fourth-order valence-electron chi connectivity index (χ4n) is 2.67. The largest absolute Gasteiger partial charge is 0.463 e. The zero-order valence-corrected chi connectivity index (χ0v) is 14.6. The van der Waals surface area contributed by atoms with Crippen LogP contribution in [0, 0.1) is 6.92 Å². The summed E-state index contributed by atoms with van der Waals surface area (Å²) in [5.74, 6) is -0.429. The average Bonchev–Trinajstić information content (AvgIpc) is 2.54. The average molecular weight is 332 g/mol. The van der Waals surface area contributed by atoms with E-state index in [9.17, 15) is 9.59 Å². The highest BCUT2D eigenvalue weighted by Gasteiger charge is 2.38. The predicted molar refractivity (Wildman–Crippen MR) is 90.1 cm³/mol. The molecule has 0 bridgehead atoms. The summed E-state index contributed by atoms with van der Waals surface area (Å²) < 4.78 is 10.6. The van der Waals surface area contributed by atoms with E-state index in [-0.39, 0.29) is 19.4 Å². The molecule has 2 amide bonds. The molecule has 0 aliphatic carbocycles. The van der Waals surface area contributed by atoms with E-state index in [4.69, 9.17) is 9.47 Å². The number of esters is 1. The van der Waals surface area contributed by atoms with Gasteiger partial charge in [0.1, 0.15) is 6.73 Å². The highest BCUT2D eigenvalue weighted by atomic mass is 16.5. The van der Waals surface area contributed by atoms with E-state index in [1.54, 1.807) is 13.8 Å². The lowest BCUT2D eigenvalue weighted by Gasteiger charge is -2.37. The van der Waals surface area contributed by atoms with Crippen LogP contribution in [0.1, 0.15) is 37.9 Å². The molecule has 2 rings (SSSR count). The van der Waals surface area contributed by atoms with Crippen LogP contribution in [0.15, 0.2) is 35.5 Å². The SMILES string of the molecule is CCOCN1C(=O)NC(C)=C(C(=O)OCC)C1c1ccc(C)cc1. The Bertz CT molecular complexity index is 637. The zero-order valence-electron chi connectivity index (χ0n) is 14.6. The second-order valence-electron chi connectivity index (χ2n) is 5.59. The summed E-state index contributed by atoms with van der Waals surface area (Å²) in [6, 6.07) is 6.93. The minimum atomic E-state index is -0.537. The number of nitrogens with one attached hydrogen (secondary N) is 1. The van der Waals surface area contributed by atoms with Crippen LogP contribution in [-0.4, -0.2) is 36.8 Å². The van der Waals surface area contributed by atoms with E-state index in [1.165, 1.54) is 4.90 Å². The van der Waals surface area contributed by atoms with Crippen molar-refractivity contribution in [3.63, 3.8) is 0 Å². The Hall–Kier alpha value is -2.34. The van der Waals surface area contributed by atoms with Crippen LogP contribution in [0.3, 0.4) is 0 Å². The first kappa shape index (κ1) is 18.0. The van der Waals surface area contributed by atoms with Crippen molar-refractivity contribution in [2.24, 2.45) is 0 Å². The first-order chi connectivity index (χ1) is 11.5. The van der Waals surface area contributed by atoms with Crippen LogP contribution >= 0.6 is 0 Å². The first-order valence-corrected chi connectivity index (χ1v) is 8.09. The van der Waals surface area contributed by atoms with E-state index in [0.29, 0.717) is 17.9 Å². The van der Waals surface area contributed by atoms with Crippen molar-refractivity contribution in [2.45, 2.75) is 33.7 Å². The van der Waals surface area contributed by atoms with Crippen LogP contribution in [-0.2, 0) is 14.3 Å². The molecule has 1 unspecified atom stereocenters. The number of rotatable bonds is 6. The maximum Gasteiger partial charge on any atom is 0.338 e. The molecule has 6 heteroatoms. The molecule has 24 heavy (non-hydrogen) atoms. The van der Waals surface area contributed by atoms with Gasteiger partial charge >= 0.3 is 12.0 Å². The number of hydrogen-bond donors (Lipinski definition) is 1. The minimum Gasteiger partial charge on any atom is -0.463 e. The van der Waals surface area contributed by atoms with E-state index in [1.807, 2.05) is 38.1 Å². The number of amides is 2. The topological polar surface area (TPSA) is 67.9 Å². The van der Waals surface area contributed by atoms with E-state index in [2.05, 4.69) is 5.32 Å². The number of urea groups is 1. The maximum absolute atomic E-state index is 12.5. The van der Waals surface area contributed by atoms with Gasteiger partial charge in [-0.1, -0.05) is 29.8 Å². The van der Waals surface area contributed by atoms with E-state index >= 15 is 0 Å². The Morgan fingerprint density at radius 2 is 1.83 bits per heavy atom. The molecular weight excluding hydrogens is 308 g/mol. The third kappa shape index (κ3) is 3.76. The summed E-state index contributed by atoms with van der Waals surface area (Å²) in [4.78, 5) is 26.4. The van der Waals surface area contributed by atoms with Crippen molar-refractivity contribution >= 4 is 12.0 Å². The molecule has 1 aromatic rings. The molecule has 1 atom stereocenters. The van der Waals surface area contributed by atoms with Crippen molar-refractivity contribution in [3.8, 4) is 0 Å². The lowest BCUT2D eigenvalue weighted by atomic mass is 9.93. The van der Waals surface area contributed by atoms with Gasteiger partial charge in [-0.15, -0.1) is 0 Å². The second kappa shape index (κ2) is 7.97. The Morgan fingerprint density at radius 3 is 2.42 bits per heavy atom. The van der Waals surface area contributed by atoms with Gasteiger partial charge in [0, 0.05) is 12.3 Å².